The van der Waals surface area contributed by atoms with Crippen molar-refractivity contribution in [2.45, 2.75) is 133 Å². The molecule has 0 saturated heterocycles. The number of carbonyl (C=O) groups excluding carboxylic acids is 1. The van der Waals surface area contributed by atoms with E-state index in [2.05, 4.69) is 15.5 Å². The molecule has 0 aliphatic carbocycles. The molecule has 63 heavy (non-hydrogen) atoms. The second kappa shape index (κ2) is 37.6. The lowest BCUT2D eigenvalue weighted by atomic mass is 10.1. The van der Waals surface area contributed by atoms with E-state index in [1.54, 1.807) is 26.3 Å². The van der Waals surface area contributed by atoms with Crippen molar-refractivity contribution in [3.05, 3.63) is 17.7 Å². The van der Waals surface area contributed by atoms with E-state index < -0.39 is 56.0 Å². The third kappa shape index (κ3) is 26.9. The molecule has 11 N–H and O–H groups in total. The van der Waals surface area contributed by atoms with E-state index in [-0.39, 0.29) is 64.1 Å². The maximum atomic E-state index is 13.3. The number of likely N-dealkylation sites (N-methyl/N-ethyl adjacent to an activating group) is 1. The van der Waals surface area contributed by atoms with Gasteiger partial charge in [-0.3, -0.25) is 4.79 Å². The Hall–Kier alpha value is -2.55. The third-order valence-electron chi connectivity index (χ3n) is 9.45. The number of carbonyl (C=O) groups is 1. The van der Waals surface area contributed by atoms with E-state index in [0.29, 0.717) is 101 Å². The number of hydrogen-bond donors (Lipinski definition) is 11. The molecule has 1 aromatic rings. The van der Waals surface area contributed by atoms with E-state index in [9.17, 15) is 45.8 Å². The number of unbranched alkanes of at least 4 members (excludes halogenated alkanes) is 6. The normalized spacial score (nSPS) is 15.1. The van der Waals surface area contributed by atoms with E-state index in [1.807, 2.05) is 0 Å². The largest absolute Gasteiger partial charge is 0.490 e. The Labute approximate surface area is 371 Å². The molecule has 21 heteroatoms. The molecule has 0 heterocycles. The predicted molar refractivity (Wildman–Crippen MR) is 227 cm³/mol. The lowest BCUT2D eigenvalue weighted by molar-refractivity contribution is -0.372. The molecular weight excluding hydrogens is 836 g/mol. The fourth-order valence-corrected chi connectivity index (χ4v) is 5.73. The van der Waals surface area contributed by atoms with Crippen LogP contribution in [0.4, 0.5) is 0 Å². The van der Waals surface area contributed by atoms with Gasteiger partial charge in [0.2, 0.25) is 24.6 Å². The second-order valence-electron chi connectivity index (χ2n) is 14.9. The Morgan fingerprint density at radius 1 is 0.698 bits per heavy atom. The minimum Gasteiger partial charge on any atom is -0.490 e. The lowest BCUT2D eigenvalue weighted by Crippen LogP contribution is -2.41. The number of nitrogens with one attached hydrogen (secondary N) is 2. The quantitative estimate of drug-likeness (QED) is 0.0183. The molecule has 7 atom stereocenters. The Balaban J connectivity index is 3.01. The number of benzene rings is 1. The SMILES string of the molecule is CNCCNC(=O)c1cc(OCCCCCOCC(O)CCOC)c(OCCCCCOC(OO)C(O)C(O)CCCO)c(OCCCCCOC(OC(CO)C(C)O)C(O)O)c1. The van der Waals surface area contributed by atoms with Crippen LogP contribution in [0.15, 0.2) is 12.1 Å². The summed E-state index contributed by atoms with van der Waals surface area (Å²) in [7, 11) is 3.35. The van der Waals surface area contributed by atoms with Crippen molar-refractivity contribution in [2.75, 3.05) is 93.3 Å². The zero-order valence-electron chi connectivity index (χ0n) is 37.4. The van der Waals surface area contributed by atoms with Gasteiger partial charge in [-0.15, -0.1) is 0 Å². The van der Waals surface area contributed by atoms with Crippen molar-refractivity contribution in [1.29, 1.82) is 0 Å². The van der Waals surface area contributed by atoms with Crippen LogP contribution in [0.5, 0.6) is 17.2 Å². The summed E-state index contributed by atoms with van der Waals surface area (Å²) < 4.78 is 45.4. The number of ether oxygens (including phenoxy) is 8. The summed E-state index contributed by atoms with van der Waals surface area (Å²) in [6.07, 6.45) is -4.15. The van der Waals surface area contributed by atoms with Crippen LogP contribution >= 0.6 is 0 Å². The van der Waals surface area contributed by atoms with Gasteiger partial charge in [0.25, 0.3) is 5.91 Å². The Morgan fingerprint density at radius 3 is 1.79 bits per heavy atom. The van der Waals surface area contributed by atoms with Crippen LogP contribution < -0.4 is 24.8 Å². The monoisotopic (exact) mass is 915 g/mol. The van der Waals surface area contributed by atoms with Crippen LogP contribution in [0.3, 0.4) is 0 Å². The molecule has 1 aromatic carbocycles. The highest BCUT2D eigenvalue weighted by Crippen LogP contribution is 2.39. The molecule has 0 aliphatic rings. The first-order chi connectivity index (χ1) is 30.4. The number of methoxy groups -OCH3 is 1. The molecule has 1 rings (SSSR count). The first-order valence-electron chi connectivity index (χ1n) is 22.0. The average molecular weight is 915 g/mol. The minimum absolute atomic E-state index is 0.0865. The minimum atomic E-state index is -1.99. The lowest BCUT2D eigenvalue weighted by Gasteiger charge is -2.26. The van der Waals surface area contributed by atoms with Gasteiger partial charge >= 0.3 is 0 Å². The highest BCUT2D eigenvalue weighted by Gasteiger charge is 2.28. The molecular formula is C42H78N2O19. The smallest absolute Gasteiger partial charge is 0.251 e. The predicted octanol–water partition coefficient (Wildman–Crippen LogP) is 0.435. The van der Waals surface area contributed by atoms with Crippen molar-refractivity contribution in [1.82, 2.24) is 10.6 Å². The summed E-state index contributed by atoms with van der Waals surface area (Å²) in [4.78, 5) is 17.5. The summed E-state index contributed by atoms with van der Waals surface area (Å²) in [6.45, 7) is 3.69. The fraction of sp³-hybridized carbons (Fsp3) is 0.833. The van der Waals surface area contributed by atoms with Gasteiger partial charge in [-0.1, -0.05) is 0 Å². The van der Waals surface area contributed by atoms with Crippen LogP contribution in [0.2, 0.25) is 0 Å². The van der Waals surface area contributed by atoms with Gasteiger partial charge in [0.1, 0.15) is 12.2 Å². The van der Waals surface area contributed by atoms with E-state index in [1.165, 1.54) is 6.92 Å². The van der Waals surface area contributed by atoms with Crippen molar-refractivity contribution < 1.29 is 93.7 Å². The third-order valence-corrected chi connectivity index (χ3v) is 9.45. The van der Waals surface area contributed by atoms with Gasteiger partial charge in [-0.05, 0) is 103 Å². The molecule has 0 bridgehead atoms. The van der Waals surface area contributed by atoms with Gasteiger partial charge in [-0.25, -0.2) is 10.1 Å². The van der Waals surface area contributed by atoms with Gasteiger partial charge in [0.15, 0.2) is 11.5 Å². The maximum Gasteiger partial charge on any atom is 0.251 e. The van der Waals surface area contributed by atoms with E-state index in [4.69, 9.17) is 43.0 Å². The first kappa shape index (κ1) is 58.5. The van der Waals surface area contributed by atoms with Crippen LogP contribution in [0, 0.1) is 0 Å². The average Bonchev–Trinajstić information content (AvgIpc) is 3.27. The van der Waals surface area contributed by atoms with E-state index in [0.717, 1.165) is 12.8 Å². The Bertz CT molecular complexity index is 1250. The van der Waals surface area contributed by atoms with Crippen molar-refractivity contribution in [2.24, 2.45) is 0 Å². The second-order valence-corrected chi connectivity index (χ2v) is 14.9. The van der Waals surface area contributed by atoms with Gasteiger partial charge in [0.05, 0.1) is 51.3 Å². The summed E-state index contributed by atoms with van der Waals surface area (Å²) in [6, 6.07) is 3.20. The molecule has 0 fully saturated rings. The van der Waals surface area contributed by atoms with Crippen LogP contribution in [-0.4, -0.2) is 195 Å². The Morgan fingerprint density at radius 2 is 1.27 bits per heavy atom. The van der Waals surface area contributed by atoms with Gasteiger partial charge < -0.3 is 89.4 Å². The highest BCUT2D eigenvalue weighted by molar-refractivity contribution is 5.95. The summed E-state index contributed by atoms with van der Waals surface area (Å²) in [5.41, 5.74) is 0.297. The molecule has 1 amide bonds. The number of aliphatic hydroxyl groups excluding tert-OH is 7. The highest BCUT2D eigenvalue weighted by atomic mass is 17.1. The van der Waals surface area contributed by atoms with Crippen molar-refractivity contribution in [3.63, 3.8) is 0 Å². The Kier molecular flexibility index (Phi) is 34.9. The van der Waals surface area contributed by atoms with E-state index >= 15 is 0 Å². The number of rotatable bonds is 43. The molecule has 0 spiro atoms. The molecule has 0 radical (unpaired) electrons. The zero-order valence-corrected chi connectivity index (χ0v) is 37.4. The topological polar surface area (TPSA) is 306 Å². The number of aliphatic hydroxyl groups is 8. The van der Waals surface area contributed by atoms with Gasteiger partial charge in [0, 0.05) is 58.8 Å². The summed E-state index contributed by atoms with van der Waals surface area (Å²) >= 11 is 0. The van der Waals surface area contributed by atoms with Crippen LogP contribution in [-0.2, 0) is 28.6 Å². The molecule has 370 valence electrons. The first-order valence-corrected chi connectivity index (χ1v) is 22.0. The zero-order chi connectivity index (χ0) is 46.7. The van der Waals surface area contributed by atoms with Crippen molar-refractivity contribution in [3.8, 4) is 17.2 Å². The van der Waals surface area contributed by atoms with Gasteiger partial charge in [-0.2, -0.15) is 0 Å². The van der Waals surface area contributed by atoms with Crippen LogP contribution in [0.25, 0.3) is 0 Å². The standard InChI is InChI=1S/C42H78N2O19/c1-30(47)36(28-46)62-42(40(52)53)61-24-12-5-9-21-58-35-27-31(39(51)44-17-16-43-2)26-34(57-20-8-4-7-19-56-29-32(48)15-25-55-3)38(35)59-22-10-6-11-23-60-41(63-54)37(50)33(49)14-13-18-45/h26-27,30,32-33,36-37,40-43,45-50,52-54H,4-25,28-29H2,1-3H3,(H,44,51). The molecule has 7 unspecified atom stereocenters. The van der Waals surface area contributed by atoms with Crippen molar-refractivity contribution >= 4 is 5.91 Å². The summed E-state index contributed by atoms with van der Waals surface area (Å²) in [5, 5.41) is 92.7. The molecule has 21 nitrogen and oxygen atoms in total. The maximum absolute atomic E-state index is 13.3. The molecule has 0 saturated carbocycles. The van der Waals surface area contributed by atoms with Crippen LogP contribution in [0.1, 0.15) is 94.3 Å². The molecule has 0 aromatic heterocycles. The molecule has 0 aliphatic heterocycles. The number of hydrogen-bond acceptors (Lipinski definition) is 20. The number of amides is 1. The fourth-order valence-electron chi connectivity index (χ4n) is 5.73. The summed E-state index contributed by atoms with van der Waals surface area (Å²) in [5.74, 6) is 0.556.